The van der Waals surface area contributed by atoms with Crippen LogP contribution in [0.3, 0.4) is 0 Å². The molecule has 1 aliphatic rings. The van der Waals surface area contributed by atoms with E-state index < -0.39 is 0 Å². The molecule has 4 aromatic carbocycles. The van der Waals surface area contributed by atoms with Gasteiger partial charge in [0, 0.05) is 22.3 Å². The Morgan fingerprint density at radius 2 is 0.979 bits per heavy atom. The maximum absolute atomic E-state index is 2.51. The van der Waals surface area contributed by atoms with Crippen LogP contribution in [0.25, 0.3) is 16.9 Å². The summed E-state index contributed by atoms with van der Waals surface area (Å²) in [6, 6.07) is 35.3. The molecule has 48 heavy (non-hydrogen) atoms. The Bertz CT molecular complexity index is 1770. The Kier molecular flexibility index (Phi) is 9.83. The van der Waals surface area contributed by atoms with Gasteiger partial charge in [0.25, 0.3) is 5.82 Å². The van der Waals surface area contributed by atoms with E-state index in [0.717, 1.165) is 0 Å². The monoisotopic (exact) mass is 631 g/mol. The second kappa shape index (κ2) is 14.2. The van der Waals surface area contributed by atoms with Crippen molar-refractivity contribution in [3.8, 4) is 11.4 Å². The van der Waals surface area contributed by atoms with E-state index in [1.165, 1.54) is 61.7 Å². The molecule has 0 amide bonds. The Balaban J connectivity index is 1.62. The van der Waals surface area contributed by atoms with Crippen molar-refractivity contribution in [1.82, 2.24) is 4.57 Å². The highest BCUT2D eigenvalue weighted by atomic mass is 15.2. The fourth-order valence-electron chi connectivity index (χ4n) is 7.26. The second-order valence-corrected chi connectivity index (χ2v) is 14.4. The smallest absolute Gasteiger partial charge is 0.198 e. The minimum absolute atomic E-state index is 0.0667. The lowest BCUT2D eigenvalue weighted by Crippen LogP contribution is -2.38. The molecular weight excluding hydrogens is 581 g/mol. The summed E-state index contributed by atoms with van der Waals surface area (Å²) in [6.45, 7) is 18.5. The maximum Gasteiger partial charge on any atom is 0.277 e. The zero-order valence-corrected chi connectivity index (χ0v) is 30.0. The first-order chi connectivity index (χ1) is 23.2. The third-order valence-electron chi connectivity index (χ3n) is 9.70. The molecule has 6 rings (SSSR count). The number of nitrogens with zero attached hydrogens (tertiary/aromatic N) is 2. The number of rotatable bonds is 9. The van der Waals surface area contributed by atoms with Crippen molar-refractivity contribution in [2.45, 2.75) is 85.0 Å². The Morgan fingerprint density at radius 1 is 0.542 bits per heavy atom. The lowest BCUT2D eigenvalue weighted by atomic mass is 9.88. The van der Waals surface area contributed by atoms with Crippen LogP contribution in [-0.4, -0.2) is 4.57 Å². The van der Waals surface area contributed by atoms with Gasteiger partial charge in [-0.25, -0.2) is 0 Å². The van der Waals surface area contributed by atoms with E-state index in [9.17, 15) is 0 Å². The molecule has 0 aliphatic heterocycles. The summed E-state index contributed by atoms with van der Waals surface area (Å²) in [5, 5.41) is 0. The van der Waals surface area contributed by atoms with Crippen LogP contribution in [0.1, 0.15) is 124 Å². The fourth-order valence-corrected chi connectivity index (χ4v) is 7.26. The molecule has 1 aliphatic carbocycles. The van der Waals surface area contributed by atoms with Crippen LogP contribution in [0, 0.1) is 0 Å². The third kappa shape index (κ3) is 6.41. The van der Waals surface area contributed by atoms with Gasteiger partial charge in [0.05, 0.1) is 5.92 Å². The van der Waals surface area contributed by atoms with Crippen LogP contribution in [0.5, 0.6) is 0 Å². The van der Waals surface area contributed by atoms with E-state index >= 15 is 0 Å². The molecule has 1 aromatic heterocycles. The second-order valence-electron chi connectivity index (χ2n) is 14.4. The molecule has 2 nitrogen and oxygen atoms in total. The highest BCUT2D eigenvalue weighted by Crippen LogP contribution is 2.37. The molecule has 0 radical (unpaired) electrons. The standard InChI is InChI=1S/C46H51N2/c1-31(2)39-21-15-22-40(32(3)4)44(39)47-29-30-48(45-41(33(5)6)23-16-24-42(45)34(7)8)46(47)38-27-25-37(26-28-38)43(35-17-11-9-12-18-35)36-19-13-10-14-20-36/h9-34,38H,1-8H3/q+1. The molecule has 0 fully saturated rings. The first kappa shape index (κ1) is 33.2. The van der Waals surface area contributed by atoms with Gasteiger partial charge in [-0.05, 0) is 45.9 Å². The van der Waals surface area contributed by atoms with Crippen molar-refractivity contribution < 1.29 is 4.57 Å². The largest absolute Gasteiger partial charge is 0.277 e. The predicted molar refractivity (Wildman–Crippen MR) is 204 cm³/mol. The lowest BCUT2D eigenvalue weighted by molar-refractivity contribution is -0.605. The van der Waals surface area contributed by atoms with Gasteiger partial charge in [-0.15, -0.1) is 0 Å². The van der Waals surface area contributed by atoms with E-state index in [-0.39, 0.29) is 5.92 Å². The van der Waals surface area contributed by atoms with Gasteiger partial charge in [-0.2, -0.15) is 9.13 Å². The summed E-state index contributed by atoms with van der Waals surface area (Å²) in [5.74, 6) is 2.89. The highest BCUT2D eigenvalue weighted by Gasteiger charge is 2.33. The molecule has 0 saturated carbocycles. The Hall–Kier alpha value is -4.69. The molecule has 0 saturated heterocycles. The van der Waals surface area contributed by atoms with Gasteiger partial charge in [-0.1, -0.05) is 177 Å². The molecule has 0 spiro atoms. The van der Waals surface area contributed by atoms with Gasteiger partial charge in [0.15, 0.2) is 0 Å². The van der Waals surface area contributed by atoms with Crippen molar-refractivity contribution >= 4 is 5.57 Å². The Labute approximate surface area is 288 Å². The zero-order chi connectivity index (χ0) is 33.9. The summed E-state index contributed by atoms with van der Waals surface area (Å²) < 4.78 is 5.02. The van der Waals surface area contributed by atoms with Crippen LogP contribution in [-0.2, 0) is 0 Å². The van der Waals surface area contributed by atoms with Crippen LogP contribution < -0.4 is 4.57 Å². The summed E-state index contributed by atoms with van der Waals surface area (Å²) in [7, 11) is 0. The summed E-state index contributed by atoms with van der Waals surface area (Å²) >= 11 is 0. The van der Waals surface area contributed by atoms with Gasteiger partial charge >= 0.3 is 0 Å². The minimum atomic E-state index is 0.0667. The normalized spacial score (nSPS) is 14.6. The SMILES string of the molecule is CC(C)c1cccc(C(C)C)c1-n1cc[n+](-c2c(C(C)C)cccc2C(C)C)c1C1C=CC(=C(c2ccccc2)c2ccccc2)C=C1. The molecule has 2 heteroatoms. The quantitative estimate of drug-likeness (QED) is 0.143. The van der Waals surface area contributed by atoms with Crippen LogP contribution in [0.4, 0.5) is 0 Å². The van der Waals surface area contributed by atoms with Gasteiger partial charge < -0.3 is 0 Å². The van der Waals surface area contributed by atoms with Gasteiger partial charge in [-0.3, -0.25) is 0 Å². The molecule has 1 heterocycles. The first-order valence-electron chi connectivity index (χ1n) is 17.8. The molecule has 5 aromatic rings. The molecule has 0 N–H and O–H groups in total. The minimum Gasteiger partial charge on any atom is -0.198 e. The highest BCUT2D eigenvalue weighted by molar-refractivity contribution is 5.85. The van der Waals surface area contributed by atoms with Gasteiger partial charge in [0.1, 0.15) is 23.8 Å². The van der Waals surface area contributed by atoms with Crippen molar-refractivity contribution in [3.63, 3.8) is 0 Å². The molecule has 0 atom stereocenters. The molecule has 244 valence electrons. The average Bonchev–Trinajstić information content (AvgIpc) is 3.53. The Morgan fingerprint density at radius 3 is 1.42 bits per heavy atom. The van der Waals surface area contributed by atoms with Crippen LogP contribution in [0.2, 0.25) is 0 Å². The molecule has 0 bridgehead atoms. The van der Waals surface area contributed by atoms with E-state index in [1.54, 1.807) is 0 Å². The summed E-state index contributed by atoms with van der Waals surface area (Å²) in [5.41, 5.74) is 13.1. The summed E-state index contributed by atoms with van der Waals surface area (Å²) in [6.07, 6.45) is 14.1. The molecule has 0 unspecified atom stereocenters. The number of imidazole rings is 1. The van der Waals surface area contributed by atoms with Crippen molar-refractivity contribution in [1.29, 1.82) is 0 Å². The van der Waals surface area contributed by atoms with Crippen molar-refractivity contribution in [2.75, 3.05) is 0 Å². The lowest BCUT2D eigenvalue weighted by Gasteiger charge is -2.22. The van der Waals surface area contributed by atoms with E-state index in [2.05, 4.69) is 198 Å². The topological polar surface area (TPSA) is 8.81 Å². The van der Waals surface area contributed by atoms with Crippen LogP contribution in [0.15, 0.2) is 139 Å². The summed E-state index contributed by atoms with van der Waals surface area (Å²) in [4.78, 5) is 0. The average molecular weight is 632 g/mol. The van der Waals surface area contributed by atoms with Gasteiger partial charge in [0.2, 0.25) is 0 Å². The maximum atomic E-state index is 2.51. The number of allylic oxidation sites excluding steroid dienone is 5. The predicted octanol–water partition coefficient (Wildman–Crippen LogP) is 12.0. The zero-order valence-electron chi connectivity index (χ0n) is 30.0. The number of para-hydroxylation sites is 2. The van der Waals surface area contributed by atoms with Crippen LogP contribution >= 0.6 is 0 Å². The number of benzene rings is 4. The van der Waals surface area contributed by atoms with E-state index in [1.807, 2.05) is 0 Å². The van der Waals surface area contributed by atoms with E-state index in [0.29, 0.717) is 23.7 Å². The number of hydrogen-bond donors (Lipinski definition) is 0. The first-order valence-corrected chi connectivity index (χ1v) is 17.8. The third-order valence-corrected chi connectivity index (χ3v) is 9.70. The van der Waals surface area contributed by atoms with E-state index in [4.69, 9.17) is 0 Å². The fraction of sp³-hybridized carbons (Fsp3) is 0.283. The molecular formula is C46H51N2+. The van der Waals surface area contributed by atoms with Crippen molar-refractivity contribution in [2.24, 2.45) is 0 Å². The number of hydrogen-bond acceptors (Lipinski definition) is 0. The number of aromatic nitrogens is 2. The van der Waals surface area contributed by atoms with Crippen molar-refractivity contribution in [3.05, 3.63) is 179 Å².